The largest absolute Gasteiger partial charge is 0.480 e. The summed E-state index contributed by atoms with van der Waals surface area (Å²) in [7, 11) is 1.58. The fourth-order valence-corrected chi connectivity index (χ4v) is 2.95. The Bertz CT molecular complexity index is 929. The van der Waals surface area contributed by atoms with E-state index < -0.39 is 0 Å². The number of pyridine rings is 2. The van der Waals surface area contributed by atoms with Gasteiger partial charge in [-0.05, 0) is 37.8 Å². The van der Waals surface area contributed by atoms with Crippen LogP contribution in [0.2, 0.25) is 5.15 Å². The van der Waals surface area contributed by atoms with Gasteiger partial charge in [0.15, 0.2) is 10.9 Å². The van der Waals surface area contributed by atoms with Gasteiger partial charge in [0, 0.05) is 18.5 Å². The lowest BCUT2D eigenvalue weighted by Crippen LogP contribution is -2.00. The van der Waals surface area contributed by atoms with E-state index in [1.54, 1.807) is 31.6 Å². The van der Waals surface area contributed by atoms with E-state index in [0.717, 1.165) is 22.5 Å². The second-order valence-electron chi connectivity index (χ2n) is 5.43. The Morgan fingerprint density at radius 2 is 1.92 bits per heavy atom. The molecule has 3 rings (SSSR count). The number of thioether (sulfide) groups is 1. The van der Waals surface area contributed by atoms with Gasteiger partial charge in [0.25, 0.3) is 0 Å². The first-order chi connectivity index (χ1) is 12.5. The van der Waals surface area contributed by atoms with E-state index in [-0.39, 0.29) is 0 Å². The number of rotatable bonds is 5. The Morgan fingerprint density at radius 1 is 1.12 bits per heavy atom. The average molecular weight is 389 g/mol. The van der Waals surface area contributed by atoms with Gasteiger partial charge in [-0.3, -0.25) is 0 Å². The first-order valence-electron chi connectivity index (χ1n) is 7.75. The van der Waals surface area contributed by atoms with Crippen molar-refractivity contribution in [3.8, 4) is 28.6 Å². The van der Waals surface area contributed by atoms with Crippen molar-refractivity contribution in [2.24, 2.45) is 0 Å². The summed E-state index contributed by atoms with van der Waals surface area (Å²) >= 11 is 7.37. The van der Waals surface area contributed by atoms with Gasteiger partial charge >= 0.3 is 0 Å². The van der Waals surface area contributed by atoms with E-state index in [1.165, 1.54) is 11.8 Å². The highest BCUT2D eigenvalue weighted by atomic mass is 35.5. The lowest BCUT2D eigenvalue weighted by Gasteiger charge is -2.14. The van der Waals surface area contributed by atoms with Crippen LogP contribution in [0.25, 0.3) is 11.3 Å². The molecule has 3 heterocycles. The van der Waals surface area contributed by atoms with Crippen molar-refractivity contribution in [1.29, 1.82) is 0 Å². The number of ether oxygens (including phenoxy) is 2. The Labute approximate surface area is 161 Å². The first kappa shape index (κ1) is 18.4. The molecule has 0 unspecified atom stereocenters. The summed E-state index contributed by atoms with van der Waals surface area (Å²) in [4.78, 5) is 17.3. The van der Waals surface area contributed by atoms with Crippen LogP contribution >= 0.6 is 23.4 Å². The Kier molecular flexibility index (Phi) is 5.58. The molecule has 0 amide bonds. The van der Waals surface area contributed by atoms with Gasteiger partial charge < -0.3 is 9.47 Å². The molecule has 0 fully saturated rings. The SMILES string of the molecule is COc1nc(SC)ncc1-c1cc(C)c(Oc2ccnc(Cl)c2)c(C)n1. The number of aromatic nitrogens is 4. The van der Waals surface area contributed by atoms with Crippen LogP contribution in [0.5, 0.6) is 17.4 Å². The van der Waals surface area contributed by atoms with Crippen LogP contribution in [0.4, 0.5) is 0 Å². The van der Waals surface area contributed by atoms with E-state index in [9.17, 15) is 0 Å². The molecule has 6 nitrogen and oxygen atoms in total. The number of halogens is 1. The predicted molar refractivity (Wildman–Crippen MR) is 102 cm³/mol. The van der Waals surface area contributed by atoms with E-state index in [4.69, 9.17) is 21.1 Å². The van der Waals surface area contributed by atoms with E-state index >= 15 is 0 Å². The summed E-state index contributed by atoms with van der Waals surface area (Å²) < 4.78 is 11.4. The predicted octanol–water partition coefficient (Wildman–Crippen LogP) is 4.73. The zero-order chi connectivity index (χ0) is 18.7. The second-order valence-corrected chi connectivity index (χ2v) is 6.60. The summed E-state index contributed by atoms with van der Waals surface area (Å²) in [5.41, 5.74) is 3.12. The Hall–Kier alpha value is -2.38. The Balaban J connectivity index is 2.00. The van der Waals surface area contributed by atoms with Crippen molar-refractivity contribution in [2.75, 3.05) is 13.4 Å². The molecule has 0 radical (unpaired) electrons. The molecule has 0 saturated heterocycles. The van der Waals surface area contributed by atoms with Gasteiger partial charge in [0.05, 0.1) is 24.1 Å². The third-order valence-corrected chi connectivity index (χ3v) is 4.40. The molecule has 0 aliphatic heterocycles. The Morgan fingerprint density at radius 3 is 2.58 bits per heavy atom. The molecule has 8 heteroatoms. The lowest BCUT2D eigenvalue weighted by molar-refractivity contribution is 0.394. The van der Waals surface area contributed by atoms with Crippen LogP contribution in [-0.2, 0) is 0 Å². The summed E-state index contributed by atoms with van der Waals surface area (Å²) in [5.74, 6) is 1.78. The first-order valence-corrected chi connectivity index (χ1v) is 9.35. The molecule has 0 aliphatic carbocycles. The quantitative estimate of drug-likeness (QED) is 0.355. The summed E-state index contributed by atoms with van der Waals surface area (Å²) in [6, 6.07) is 5.33. The van der Waals surface area contributed by atoms with E-state index in [2.05, 4.69) is 19.9 Å². The molecule has 0 N–H and O–H groups in total. The molecule has 3 aromatic heterocycles. The minimum absolute atomic E-state index is 0.373. The molecule has 0 aliphatic rings. The summed E-state index contributed by atoms with van der Waals surface area (Å²) in [6.45, 7) is 3.85. The topological polar surface area (TPSA) is 70.0 Å². The van der Waals surface area contributed by atoms with E-state index in [1.807, 2.05) is 26.2 Å². The van der Waals surface area contributed by atoms with Crippen LogP contribution in [0, 0.1) is 13.8 Å². The fourth-order valence-electron chi connectivity index (χ4n) is 2.46. The maximum Gasteiger partial charge on any atom is 0.226 e. The smallest absolute Gasteiger partial charge is 0.226 e. The van der Waals surface area contributed by atoms with Gasteiger partial charge in [0.1, 0.15) is 10.9 Å². The second kappa shape index (κ2) is 7.88. The molecule has 26 heavy (non-hydrogen) atoms. The number of aryl methyl sites for hydroxylation is 2. The standard InChI is InChI=1S/C18H17ClN4O2S/c1-10-7-14(13-9-21-18(26-4)23-17(13)24-3)22-11(2)16(10)25-12-5-6-20-15(19)8-12/h5-9H,1-4H3. The third kappa shape index (κ3) is 3.89. The van der Waals surface area contributed by atoms with Crippen LogP contribution in [-0.4, -0.2) is 33.3 Å². The van der Waals surface area contributed by atoms with Crippen molar-refractivity contribution in [1.82, 2.24) is 19.9 Å². The molecule has 0 aromatic carbocycles. The van der Waals surface area contributed by atoms with Gasteiger partial charge in [-0.1, -0.05) is 23.4 Å². The zero-order valence-corrected chi connectivity index (χ0v) is 16.4. The maximum atomic E-state index is 5.95. The minimum Gasteiger partial charge on any atom is -0.480 e. The maximum absolute atomic E-state index is 5.95. The van der Waals surface area contributed by atoms with Crippen molar-refractivity contribution >= 4 is 23.4 Å². The summed E-state index contributed by atoms with van der Waals surface area (Å²) in [5, 5.41) is 1.02. The molecule has 3 aromatic rings. The monoisotopic (exact) mass is 388 g/mol. The highest BCUT2D eigenvalue weighted by Gasteiger charge is 2.15. The molecule has 0 saturated carbocycles. The number of hydrogen-bond acceptors (Lipinski definition) is 7. The molecule has 134 valence electrons. The minimum atomic E-state index is 0.373. The van der Waals surface area contributed by atoms with Crippen LogP contribution in [0.3, 0.4) is 0 Å². The highest BCUT2D eigenvalue weighted by Crippen LogP contribution is 2.34. The number of methoxy groups -OCH3 is 1. The summed E-state index contributed by atoms with van der Waals surface area (Å²) in [6.07, 6.45) is 5.24. The van der Waals surface area contributed by atoms with Crippen LogP contribution in [0.15, 0.2) is 35.7 Å². The van der Waals surface area contributed by atoms with Crippen molar-refractivity contribution < 1.29 is 9.47 Å². The molecular formula is C18H17ClN4O2S. The van der Waals surface area contributed by atoms with Gasteiger partial charge in [0.2, 0.25) is 5.88 Å². The third-order valence-electron chi connectivity index (χ3n) is 3.63. The van der Waals surface area contributed by atoms with Crippen molar-refractivity contribution in [3.05, 3.63) is 47.0 Å². The highest BCUT2D eigenvalue weighted by molar-refractivity contribution is 7.98. The zero-order valence-electron chi connectivity index (χ0n) is 14.8. The van der Waals surface area contributed by atoms with Crippen molar-refractivity contribution in [2.45, 2.75) is 19.0 Å². The van der Waals surface area contributed by atoms with Crippen molar-refractivity contribution in [3.63, 3.8) is 0 Å². The molecule has 0 bridgehead atoms. The van der Waals surface area contributed by atoms with Crippen LogP contribution in [0.1, 0.15) is 11.3 Å². The normalized spacial score (nSPS) is 10.7. The van der Waals surface area contributed by atoms with Gasteiger partial charge in [-0.2, -0.15) is 4.98 Å². The van der Waals surface area contributed by atoms with E-state index in [0.29, 0.717) is 27.7 Å². The van der Waals surface area contributed by atoms with Gasteiger partial charge in [-0.15, -0.1) is 0 Å². The average Bonchev–Trinajstić information content (AvgIpc) is 2.64. The van der Waals surface area contributed by atoms with Crippen LogP contribution < -0.4 is 9.47 Å². The fraction of sp³-hybridized carbons (Fsp3) is 0.222. The molecular weight excluding hydrogens is 372 g/mol. The molecule has 0 atom stereocenters. The van der Waals surface area contributed by atoms with Gasteiger partial charge in [-0.25, -0.2) is 15.0 Å². The molecule has 0 spiro atoms. The lowest BCUT2D eigenvalue weighted by atomic mass is 10.1. The number of hydrogen-bond donors (Lipinski definition) is 0. The number of nitrogens with zero attached hydrogens (tertiary/aromatic N) is 4.